The molecule has 2 aromatic carbocycles. The zero-order valence-corrected chi connectivity index (χ0v) is 20.0. The summed E-state index contributed by atoms with van der Waals surface area (Å²) in [6, 6.07) is 27.5. The van der Waals surface area contributed by atoms with Crippen LogP contribution in [0.25, 0.3) is 5.69 Å². The fourth-order valence-corrected chi connectivity index (χ4v) is 5.25. The van der Waals surface area contributed by atoms with Gasteiger partial charge in [-0.15, -0.1) is 0 Å². The van der Waals surface area contributed by atoms with Crippen LogP contribution in [0.15, 0.2) is 85.1 Å². The van der Waals surface area contributed by atoms with Crippen molar-refractivity contribution in [3.63, 3.8) is 0 Å². The van der Waals surface area contributed by atoms with Crippen LogP contribution in [-0.2, 0) is 6.42 Å². The van der Waals surface area contributed by atoms with Crippen molar-refractivity contribution in [2.45, 2.75) is 39.3 Å². The van der Waals surface area contributed by atoms with Gasteiger partial charge in [0.25, 0.3) is 0 Å². The third kappa shape index (κ3) is 3.83. The second-order valence-electron chi connectivity index (χ2n) is 8.51. The van der Waals surface area contributed by atoms with Crippen LogP contribution in [0, 0.1) is 13.8 Å². The molecule has 3 heterocycles. The largest absolute Gasteiger partial charge is 0.351 e. The number of pyridine rings is 1. The molecule has 2 aromatic heterocycles. The van der Waals surface area contributed by atoms with Crippen molar-refractivity contribution in [3.8, 4) is 5.69 Å². The molecule has 1 aliphatic rings. The summed E-state index contributed by atoms with van der Waals surface area (Å²) in [5, 5.41) is 4.28. The number of aromatic nitrogens is 2. The van der Waals surface area contributed by atoms with Crippen molar-refractivity contribution in [1.82, 2.24) is 14.9 Å². The Morgan fingerprint density at radius 1 is 0.909 bits per heavy atom. The Kier molecular flexibility index (Phi) is 5.73. The first-order valence-electron chi connectivity index (χ1n) is 11.4. The van der Waals surface area contributed by atoms with Crippen molar-refractivity contribution in [3.05, 3.63) is 113 Å². The van der Waals surface area contributed by atoms with Gasteiger partial charge in [0.05, 0.1) is 17.8 Å². The predicted octanol–water partition coefficient (Wildman–Crippen LogP) is 6.23. The molecule has 0 bridgehead atoms. The van der Waals surface area contributed by atoms with E-state index in [0.717, 1.165) is 22.9 Å². The zero-order valence-electron chi connectivity index (χ0n) is 19.2. The smallest absolute Gasteiger partial charge is 0.174 e. The molecule has 1 saturated heterocycles. The van der Waals surface area contributed by atoms with Crippen LogP contribution in [0.5, 0.6) is 0 Å². The highest BCUT2D eigenvalue weighted by Crippen LogP contribution is 2.43. The summed E-state index contributed by atoms with van der Waals surface area (Å²) in [5.41, 5.74) is 8.27. The third-order valence-electron chi connectivity index (χ3n) is 6.52. The van der Waals surface area contributed by atoms with Gasteiger partial charge in [-0.05, 0) is 86.1 Å². The molecule has 1 N–H and O–H groups in total. The molecular formula is C28H28N4S. The Labute approximate surface area is 200 Å². The molecule has 5 rings (SSSR count). The monoisotopic (exact) mass is 452 g/mol. The Morgan fingerprint density at radius 3 is 2.30 bits per heavy atom. The quantitative estimate of drug-likeness (QED) is 0.364. The molecule has 0 spiro atoms. The predicted molar refractivity (Wildman–Crippen MR) is 139 cm³/mol. The molecule has 1 fully saturated rings. The van der Waals surface area contributed by atoms with Gasteiger partial charge in [-0.2, -0.15) is 0 Å². The van der Waals surface area contributed by atoms with Gasteiger partial charge in [-0.25, -0.2) is 0 Å². The lowest BCUT2D eigenvalue weighted by molar-refractivity contribution is 0.565. The highest BCUT2D eigenvalue weighted by molar-refractivity contribution is 7.80. The van der Waals surface area contributed by atoms with Crippen molar-refractivity contribution in [2.75, 3.05) is 4.90 Å². The summed E-state index contributed by atoms with van der Waals surface area (Å²) in [6.45, 7) is 6.56. The van der Waals surface area contributed by atoms with Gasteiger partial charge in [0.15, 0.2) is 5.11 Å². The average molecular weight is 453 g/mol. The number of para-hydroxylation sites is 1. The molecule has 166 valence electrons. The SMILES string of the molecule is CCc1ccc(-n2c(C)cc([C@H]3[C@@H](c4ccccn4)NC(=S)N3c3ccccc3)c2C)cc1. The van der Waals surface area contributed by atoms with Crippen LogP contribution in [0.3, 0.4) is 0 Å². The lowest BCUT2D eigenvalue weighted by Crippen LogP contribution is -2.29. The van der Waals surface area contributed by atoms with E-state index >= 15 is 0 Å². The summed E-state index contributed by atoms with van der Waals surface area (Å²) < 4.78 is 2.34. The maximum atomic E-state index is 5.86. The van der Waals surface area contributed by atoms with Crippen molar-refractivity contribution >= 4 is 23.0 Å². The Hall–Kier alpha value is -3.44. The van der Waals surface area contributed by atoms with E-state index in [-0.39, 0.29) is 12.1 Å². The molecule has 0 aliphatic carbocycles. The molecule has 4 nitrogen and oxygen atoms in total. The van der Waals surface area contributed by atoms with E-state index in [9.17, 15) is 0 Å². The average Bonchev–Trinajstić information content (AvgIpc) is 3.35. The van der Waals surface area contributed by atoms with Crippen molar-refractivity contribution in [2.24, 2.45) is 0 Å². The number of hydrogen-bond donors (Lipinski definition) is 1. The van der Waals surface area contributed by atoms with E-state index in [0.29, 0.717) is 0 Å². The number of rotatable bonds is 5. The summed E-state index contributed by atoms with van der Waals surface area (Å²) in [7, 11) is 0. The lowest BCUT2D eigenvalue weighted by Gasteiger charge is -2.28. The molecule has 2 atom stereocenters. The van der Waals surface area contributed by atoms with E-state index < -0.39 is 0 Å². The first kappa shape index (κ1) is 21.4. The molecule has 5 heteroatoms. The highest BCUT2D eigenvalue weighted by Gasteiger charge is 2.42. The summed E-state index contributed by atoms with van der Waals surface area (Å²) >= 11 is 5.86. The molecule has 4 aromatic rings. The van der Waals surface area contributed by atoms with Crippen LogP contribution in [0.2, 0.25) is 0 Å². The van der Waals surface area contributed by atoms with E-state index in [2.05, 4.69) is 101 Å². The van der Waals surface area contributed by atoms with Crippen LogP contribution in [0.1, 0.15) is 47.2 Å². The number of anilines is 1. The second-order valence-corrected chi connectivity index (χ2v) is 8.90. The minimum Gasteiger partial charge on any atom is -0.351 e. The number of hydrogen-bond acceptors (Lipinski definition) is 2. The third-order valence-corrected chi connectivity index (χ3v) is 6.84. The van der Waals surface area contributed by atoms with Gasteiger partial charge >= 0.3 is 0 Å². The van der Waals surface area contributed by atoms with Gasteiger partial charge in [-0.3, -0.25) is 4.98 Å². The minimum atomic E-state index is -0.0460. The molecule has 1 aliphatic heterocycles. The number of nitrogens with one attached hydrogen (secondary N) is 1. The topological polar surface area (TPSA) is 33.1 Å². The van der Waals surface area contributed by atoms with Crippen molar-refractivity contribution in [1.29, 1.82) is 0 Å². The van der Waals surface area contributed by atoms with E-state index in [1.54, 1.807) is 0 Å². The van der Waals surface area contributed by atoms with Crippen LogP contribution < -0.4 is 10.2 Å². The molecule has 33 heavy (non-hydrogen) atoms. The maximum Gasteiger partial charge on any atom is 0.174 e. The molecular weight excluding hydrogens is 424 g/mol. The highest BCUT2D eigenvalue weighted by atomic mass is 32.1. The Morgan fingerprint density at radius 2 is 1.64 bits per heavy atom. The normalized spacial score (nSPS) is 17.9. The fourth-order valence-electron chi connectivity index (χ4n) is 4.90. The molecule has 0 radical (unpaired) electrons. The van der Waals surface area contributed by atoms with Gasteiger partial charge in [0.1, 0.15) is 0 Å². The van der Waals surface area contributed by atoms with Crippen LogP contribution in [-0.4, -0.2) is 14.7 Å². The summed E-state index contributed by atoms with van der Waals surface area (Å²) in [6.07, 6.45) is 2.89. The first-order chi connectivity index (χ1) is 16.1. The maximum absolute atomic E-state index is 5.86. The number of aryl methyl sites for hydroxylation is 2. The zero-order chi connectivity index (χ0) is 22.9. The molecule has 0 unspecified atom stereocenters. The van der Waals surface area contributed by atoms with Gasteiger partial charge < -0.3 is 14.8 Å². The molecule has 0 saturated carbocycles. The van der Waals surface area contributed by atoms with Crippen LogP contribution in [0.4, 0.5) is 5.69 Å². The van der Waals surface area contributed by atoms with E-state index in [1.165, 1.54) is 28.2 Å². The number of thiocarbonyl (C=S) groups is 1. The Balaban J connectivity index is 1.65. The lowest BCUT2D eigenvalue weighted by atomic mass is 9.96. The second kappa shape index (κ2) is 8.83. The van der Waals surface area contributed by atoms with Gasteiger partial charge in [0.2, 0.25) is 0 Å². The first-order valence-corrected chi connectivity index (χ1v) is 11.8. The summed E-state index contributed by atoms with van der Waals surface area (Å²) in [4.78, 5) is 6.92. The van der Waals surface area contributed by atoms with Gasteiger partial charge in [-0.1, -0.05) is 43.3 Å². The summed E-state index contributed by atoms with van der Waals surface area (Å²) in [5.74, 6) is 0. The van der Waals surface area contributed by atoms with Crippen LogP contribution >= 0.6 is 12.2 Å². The fraction of sp³-hybridized carbons (Fsp3) is 0.214. The van der Waals surface area contributed by atoms with Gasteiger partial charge in [0, 0.05) is 29.0 Å². The Bertz CT molecular complexity index is 1260. The van der Waals surface area contributed by atoms with E-state index in [4.69, 9.17) is 12.2 Å². The molecule has 0 amide bonds. The van der Waals surface area contributed by atoms with Crippen molar-refractivity contribution < 1.29 is 0 Å². The number of benzene rings is 2. The standard InChI is InChI=1S/C28H28N4S/c1-4-21-13-15-23(16-14-21)31-19(2)18-24(20(31)3)27-26(25-12-8-9-17-29-25)30-28(33)32(27)22-10-6-5-7-11-22/h5-18,26-27H,4H2,1-3H3,(H,30,33)/t26-,27+/m1/s1. The number of nitrogens with zero attached hydrogens (tertiary/aromatic N) is 3. The minimum absolute atomic E-state index is 0.00957. The van der Waals surface area contributed by atoms with E-state index in [1.807, 2.05) is 24.4 Å².